The molecule has 2 N–H and O–H groups in total. The predicted molar refractivity (Wildman–Crippen MR) is 70.1 cm³/mol. The maximum atomic E-state index is 12.2. The van der Waals surface area contributed by atoms with E-state index in [0.717, 1.165) is 25.1 Å². The number of carbonyl (C=O) groups excluding carboxylic acids is 1. The zero-order valence-electron chi connectivity index (χ0n) is 11.0. The third-order valence-corrected chi connectivity index (χ3v) is 3.46. The summed E-state index contributed by atoms with van der Waals surface area (Å²) in [7, 11) is 4.10. The third-order valence-electron chi connectivity index (χ3n) is 3.46. The van der Waals surface area contributed by atoms with Crippen LogP contribution >= 0.6 is 0 Å². The van der Waals surface area contributed by atoms with Crippen LogP contribution < -0.4 is 5.73 Å². The summed E-state index contributed by atoms with van der Waals surface area (Å²) in [6.07, 6.45) is 2.70. The highest BCUT2D eigenvalue weighted by Crippen LogP contribution is 2.15. The van der Waals surface area contributed by atoms with Crippen molar-refractivity contribution in [3.63, 3.8) is 0 Å². The van der Waals surface area contributed by atoms with Gasteiger partial charge in [-0.3, -0.25) is 9.78 Å². The largest absolute Gasteiger partial charge is 0.336 e. The van der Waals surface area contributed by atoms with Gasteiger partial charge < -0.3 is 15.5 Å². The lowest BCUT2D eigenvalue weighted by molar-refractivity contribution is 0.0777. The average Bonchev–Trinajstić information content (AvgIpc) is 2.88. The Balaban J connectivity index is 2.03. The quantitative estimate of drug-likeness (QED) is 0.836. The van der Waals surface area contributed by atoms with Gasteiger partial charge in [-0.05, 0) is 32.1 Å². The fourth-order valence-corrected chi connectivity index (χ4v) is 2.18. The first-order valence-electron chi connectivity index (χ1n) is 6.22. The number of nitrogens with zero attached hydrogens (tertiary/aromatic N) is 3. The molecule has 2 heterocycles. The lowest BCUT2D eigenvalue weighted by Crippen LogP contribution is -2.34. The van der Waals surface area contributed by atoms with E-state index in [9.17, 15) is 4.79 Å². The van der Waals surface area contributed by atoms with Crippen LogP contribution in [0, 0.1) is 0 Å². The van der Waals surface area contributed by atoms with Crippen molar-refractivity contribution in [2.45, 2.75) is 19.0 Å². The van der Waals surface area contributed by atoms with Gasteiger partial charge in [-0.2, -0.15) is 0 Å². The molecule has 5 nitrogen and oxygen atoms in total. The van der Waals surface area contributed by atoms with Gasteiger partial charge in [-0.1, -0.05) is 6.07 Å². The molecule has 1 aromatic heterocycles. The molecule has 5 heteroatoms. The molecule has 1 amide bonds. The number of aromatic nitrogens is 1. The second-order valence-electron chi connectivity index (χ2n) is 4.91. The van der Waals surface area contributed by atoms with Gasteiger partial charge in [0.05, 0.1) is 0 Å². The Hall–Kier alpha value is -1.46. The molecule has 18 heavy (non-hydrogen) atoms. The van der Waals surface area contributed by atoms with Crippen molar-refractivity contribution in [1.82, 2.24) is 14.8 Å². The molecule has 1 unspecified atom stereocenters. The molecule has 1 aliphatic heterocycles. The molecule has 2 rings (SSSR count). The number of rotatable bonds is 3. The van der Waals surface area contributed by atoms with Crippen molar-refractivity contribution in [2.24, 2.45) is 5.73 Å². The van der Waals surface area contributed by atoms with Crippen LogP contribution in [0.4, 0.5) is 0 Å². The molecule has 0 aliphatic carbocycles. The van der Waals surface area contributed by atoms with Crippen LogP contribution in [-0.2, 0) is 6.54 Å². The summed E-state index contributed by atoms with van der Waals surface area (Å²) in [4.78, 5) is 20.4. The van der Waals surface area contributed by atoms with E-state index in [1.165, 1.54) is 0 Å². The summed E-state index contributed by atoms with van der Waals surface area (Å²) in [5, 5.41) is 0. The smallest absolute Gasteiger partial charge is 0.272 e. The van der Waals surface area contributed by atoms with E-state index in [0.29, 0.717) is 18.3 Å². The average molecular weight is 248 g/mol. The Labute approximate surface area is 108 Å². The highest BCUT2D eigenvalue weighted by atomic mass is 16.2. The molecule has 1 fully saturated rings. The molecule has 0 bridgehead atoms. The maximum absolute atomic E-state index is 12.2. The first-order valence-corrected chi connectivity index (χ1v) is 6.22. The summed E-state index contributed by atoms with van der Waals surface area (Å²) in [6, 6.07) is 4.07. The molecule has 0 radical (unpaired) electrons. The van der Waals surface area contributed by atoms with E-state index < -0.39 is 0 Å². The standard InChI is InChI=1S/C13H20N4O/c1-16(2)11-5-6-17(9-11)13(18)12-4-3-10(7-14)8-15-12/h3-4,8,11H,5-7,9,14H2,1-2H3. The molecule has 1 aliphatic rings. The summed E-state index contributed by atoms with van der Waals surface area (Å²) in [6.45, 7) is 2.04. The highest BCUT2D eigenvalue weighted by Gasteiger charge is 2.28. The molecule has 1 saturated heterocycles. The minimum Gasteiger partial charge on any atom is -0.336 e. The van der Waals surface area contributed by atoms with E-state index in [1.807, 2.05) is 25.1 Å². The second kappa shape index (κ2) is 5.46. The van der Waals surface area contributed by atoms with Crippen molar-refractivity contribution in [1.29, 1.82) is 0 Å². The molecular weight excluding hydrogens is 228 g/mol. The Kier molecular flexibility index (Phi) is 3.93. The van der Waals surface area contributed by atoms with Crippen molar-refractivity contribution in [2.75, 3.05) is 27.2 Å². The van der Waals surface area contributed by atoms with Gasteiger partial charge in [-0.15, -0.1) is 0 Å². The number of pyridine rings is 1. The number of likely N-dealkylation sites (tertiary alicyclic amines) is 1. The molecule has 0 saturated carbocycles. The van der Waals surface area contributed by atoms with Gasteiger partial charge in [0.25, 0.3) is 5.91 Å². The Morgan fingerprint density at radius 3 is 2.83 bits per heavy atom. The van der Waals surface area contributed by atoms with Crippen molar-refractivity contribution in [3.05, 3.63) is 29.6 Å². The van der Waals surface area contributed by atoms with Crippen LogP contribution in [-0.4, -0.2) is 53.9 Å². The Morgan fingerprint density at radius 1 is 1.56 bits per heavy atom. The summed E-state index contributed by atoms with van der Waals surface area (Å²) in [5.41, 5.74) is 6.96. The minimum absolute atomic E-state index is 0.0166. The van der Waals surface area contributed by atoms with Crippen molar-refractivity contribution < 1.29 is 4.79 Å². The van der Waals surface area contributed by atoms with Gasteiger partial charge in [0, 0.05) is 31.9 Å². The number of hydrogen-bond donors (Lipinski definition) is 1. The molecule has 1 aromatic rings. The predicted octanol–water partition coefficient (Wildman–Crippen LogP) is 0.316. The minimum atomic E-state index is 0.0166. The van der Waals surface area contributed by atoms with Crippen LogP contribution in [0.5, 0.6) is 0 Å². The molecule has 98 valence electrons. The number of carbonyl (C=O) groups is 1. The first-order chi connectivity index (χ1) is 8.61. The van der Waals surface area contributed by atoms with Crippen LogP contribution in [0.15, 0.2) is 18.3 Å². The molecular formula is C13H20N4O. The second-order valence-corrected chi connectivity index (χ2v) is 4.91. The fraction of sp³-hybridized carbons (Fsp3) is 0.538. The summed E-state index contributed by atoms with van der Waals surface area (Å²) in [5.74, 6) is 0.0166. The van der Waals surface area contributed by atoms with E-state index in [4.69, 9.17) is 5.73 Å². The van der Waals surface area contributed by atoms with E-state index in [2.05, 4.69) is 9.88 Å². The van der Waals surface area contributed by atoms with Crippen LogP contribution in [0.1, 0.15) is 22.5 Å². The SMILES string of the molecule is CN(C)C1CCN(C(=O)c2ccc(CN)cn2)C1. The highest BCUT2D eigenvalue weighted by molar-refractivity contribution is 5.92. The lowest BCUT2D eigenvalue weighted by atomic mass is 10.2. The normalized spacial score (nSPS) is 19.6. The van der Waals surface area contributed by atoms with Gasteiger partial charge in [0.2, 0.25) is 0 Å². The molecule has 0 spiro atoms. The third kappa shape index (κ3) is 2.68. The van der Waals surface area contributed by atoms with Crippen molar-refractivity contribution >= 4 is 5.91 Å². The lowest BCUT2D eigenvalue weighted by Gasteiger charge is -2.20. The zero-order chi connectivity index (χ0) is 13.1. The van der Waals surface area contributed by atoms with Gasteiger partial charge in [0.1, 0.15) is 5.69 Å². The van der Waals surface area contributed by atoms with Crippen LogP contribution in [0.3, 0.4) is 0 Å². The molecule has 0 aromatic carbocycles. The fourth-order valence-electron chi connectivity index (χ4n) is 2.18. The van der Waals surface area contributed by atoms with E-state index in [-0.39, 0.29) is 5.91 Å². The number of amides is 1. The zero-order valence-corrected chi connectivity index (χ0v) is 11.0. The molecule has 1 atom stereocenters. The van der Waals surface area contributed by atoms with Crippen LogP contribution in [0.2, 0.25) is 0 Å². The number of likely N-dealkylation sites (N-methyl/N-ethyl adjacent to an activating group) is 1. The first kappa shape index (κ1) is 13.0. The summed E-state index contributed by atoms with van der Waals surface area (Å²) >= 11 is 0. The van der Waals surface area contributed by atoms with Gasteiger partial charge in [-0.25, -0.2) is 0 Å². The maximum Gasteiger partial charge on any atom is 0.272 e. The Morgan fingerprint density at radius 2 is 2.33 bits per heavy atom. The van der Waals surface area contributed by atoms with Crippen LogP contribution in [0.25, 0.3) is 0 Å². The van der Waals surface area contributed by atoms with E-state index >= 15 is 0 Å². The topological polar surface area (TPSA) is 62.5 Å². The van der Waals surface area contributed by atoms with Gasteiger partial charge in [0.15, 0.2) is 0 Å². The monoisotopic (exact) mass is 248 g/mol. The number of nitrogens with two attached hydrogens (primary N) is 1. The Bertz CT molecular complexity index is 416. The van der Waals surface area contributed by atoms with Crippen molar-refractivity contribution in [3.8, 4) is 0 Å². The summed E-state index contributed by atoms with van der Waals surface area (Å²) < 4.78 is 0. The number of hydrogen-bond acceptors (Lipinski definition) is 4. The van der Waals surface area contributed by atoms with Gasteiger partial charge >= 0.3 is 0 Å². The van der Waals surface area contributed by atoms with E-state index in [1.54, 1.807) is 12.3 Å².